The maximum absolute atomic E-state index is 11.9. The topological polar surface area (TPSA) is 37.4 Å². The molecule has 1 aromatic rings. The second-order valence-corrected chi connectivity index (χ2v) is 5.23. The zero-order valence-electron chi connectivity index (χ0n) is 13.5. The molecule has 0 N–H and O–H groups in total. The quantitative estimate of drug-likeness (QED) is 0.586. The minimum absolute atomic E-state index is 0.202. The van der Waals surface area contributed by atoms with Gasteiger partial charge in [-0.05, 0) is 26.2 Å². The van der Waals surface area contributed by atoms with Crippen LogP contribution in [0.5, 0.6) is 0 Å². The van der Waals surface area contributed by atoms with E-state index in [1.807, 2.05) is 49.9 Å². The van der Waals surface area contributed by atoms with E-state index < -0.39 is 0 Å². The fourth-order valence-corrected chi connectivity index (χ4v) is 2.41. The fraction of sp³-hybridized carbons (Fsp3) is 0.556. The van der Waals surface area contributed by atoms with Crippen molar-refractivity contribution >= 4 is 11.7 Å². The minimum Gasteiger partial charge on any atom is -0.343 e. The molecule has 0 radical (unpaired) electrons. The van der Waals surface area contributed by atoms with Crippen LogP contribution >= 0.6 is 0 Å². The van der Waals surface area contributed by atoms with E-state index in [9.17, 15) is 9.59 Å². The second-order valence-electron chi connectivity index (χ2n) is 5.23. The Kier molecular flexibility index (Phi) is 7.73. The van der Waals surface area contributed by atoms with Gasteiger partial charge in [0.15, 0.2) is 5.78 Å². The Morgan fingerprint density at radius 2 is 1.81 bits per heavy atom. The Bertz CT molecular complexity index is 451. The minimum atomic E-state index is 0.202. The smallest absolute Gasteiger partial charge is 0.222 e. The standard InChI is InChI=1S/C16H21NO2.C2H6/c1-13-7-9-14(10-8-13)15(18)5-2-3-11-17-12-4-6-16(17)19;1-2/h7-10H,2-6,11-12H2,1H3;1-2H3. The number of rotatable bonds is 6. The molecule has 1 aromatic carbocycles. The maximum Gasteiger partial charge on any atom is 0.222 e. The van der Waals surface area contributed by atoms with Crippen molar-refractivity contribution in [1.82, 2.24) is 4.90 Å². The SMILES string of the molecule is CC.Cc1ccc(C(=O)CCCCN2CCCC2=O)cc1. The summed E-state index contributed by atoms with van der Waals surface area (Å²) in [6, 6.07) is 7.72. The zero-order valence-corrected chi connectivity index (χ0v) is 13.5. The van der Waals surface area contributed by atoms with Crippen molar-refractivity contribution in [3.8, 4) is 0 Å². The van der Waals surface area contributed by atoms with Crippen LogP contribution in [0, 0.1) is 6.92 Å². The number of benzene rings is 1. The first-order chi connectivity index (χ1) is 10.2. The number of carbonyl (C=O) groups is 2. The highest BCUT2D eigenvalue weighted by Gasteiger charge is 2.19. The highest BCUT2D eigenvalue weighted by molar-refractivity contribution is 5.96. The number of unbranched alkanes of at least 4 members (excludes halogenated alkanes) is 1. The van der Waals surface area contributed by atoms with Crippen LogP contribution in [0.3, 0.4) is 0 Å². The summed E-state index contributed by atoms with van der Waals surface area (Å²) in [5, 5.41) is 0. The second kappa shape index (κ2) is 9.32. The molecule has 1 aliphatic heterocycles. The highest BCUT2D eigenvalue weighted by atomic mass is 16.2. The molecule has 3 heteroatoms. The number of Topliss-reactive ketones (excluding diaryl/α,β-unsaturated/α-hetero) is 1. The molecule has 0 bridgehead atoms. The van der Waals surface area contributed by atoms with Gasteiger partial charge < -0.3 is 4.90 Å². The van der Waals surface area contributed by atoms with Crippen LogP contribution in [0.25, 0.3) is 0 Å². The summed E-state index contributed by atoms with van der Waals surface area (Å²) in [4.78, 5) is 25.3. The van der Waals surface area contributed by atoms with E-state index in [2.05, 4.69) is 0 Å². The van der Waals surface area contributed by atoms with Crippen molar-refractivity contribution in [2.75, 3.05) is 13.1 Å². The number of carbonyl (C=O) groups excluding carboxylic acids is 2. The van der Waals surface area contributed by atoms with Crippen LogP contribution in [-0.4, -0.2) is 29.7 Å². The third kappa shape index (κ3) is 5.70. The molecule has 0 aromatic heterocycles. The van der Waals surface area contributed by atoms with Crippen LogP contribution in [0.2, 0.25) is 0 Å². The average molecular weight is 289 g/mol. The van der Waals surface area contributed by atoms with E-state index in [0.29, 0.717) is 12.8 Å². The molecule has 0 aliphatic carbocycles. The third-order valence-electron chi connectivity index (χ3n) is 3.63. The first-order valence-corrected chi connectivity index (χ1v) is 8.04. The summed E-state index contributed by atoms with van der Waals surface area (Å²) in [5.74, 6) is 0.470. The fourth-order valence-electron chi connectivity index (χ4n) is 2.41. The van der Waals surface area contributed by atoms with Gasteiger partial charge in [0.25, 0.3) is 0 Å². The van der Waals surface area contributed by atoms with Crippen molar-refractivity contribution in [2.45, 2.75) is 52.9 Å². The van der Waals surface area contributed by atoms with E-state index in [1.165, 1.54) is 5.56 Å². The van der Waals surface area contributed by atoms with Gasteiger partial charge in [-0.15, -0.1) is 0 Å². The Morgan fingerprint density at radius 1 is 1.14 bits per heavy atom. The summed E-state index contributed by atoms with van der Waals surface area (Å²) in [6.07, 6.45) is 4.04. The Hall–Kier alpha value is -1.64. The summed E-state index contributed by atoms with van der Waals surface area (Å²) in [6.45, 7) is 7.71. The molecule has 0 atom stereocenters. The van der Waals surface area contributed by atoms with E-state index in [1.54, 1.807) is 0 Å². The summed E-state index contributed by atoms with van der Waals surface area (Å²) < 4.78 is 0. The molecule has 0 spiro atoms. The lowest BCUT2D eigenvalue weighted by atomic mass is 10.0. The molecule has 0 saturated carbocycles. The molecule has 1 aliphatic rings. The lowest BCUT2D eigenvalue weighted by Gasteiger charge is -2.14. The molecule has 116 valence electrons. The number of ketones is 1. The van der Waals surface area contributed by atoms with Crippen LogP contribution in [0.1, 0.15) is 61.9 Å². The number of nitrogens with zero attached hydrogens (tertiary/aromatic N) is 1. The molecule has 1 amide bonds. The van der Waals surface area contributed by atoms with Gasteiger partial charge in [0.05, 0.1) is 0 Å². The molecule has 1 saturated heterocycles. The summed E-state index contributed by atoms with van der Waals surface area (Å²) in [7, 11) is 0. The number of aryl methyl sites for hydroxylation is 1. The van der Waals surface area contributed by atoms with Crippen molar-refractivity contribution in [1.29, 1.82) is 0 Å². The molecular weight excluding hydrogens is 262 g/mol. The largest absolute Gasteiger partial charge is 0.343 e. The first-order valence-electron chi connectivity index (χ1n) is 8.04. The van der Waals surface area contributed by atoms with Crippen LogP contribution in [0.15, 0.2) is 24.3 Å². The molecule has 3 nitrogen and oxygen atoms in total. The molecule has 1 heterocycles. The van der Waals surface area contributed by atoms with Gasteiger partial charge in [-0.3, -0.25) is 9.59 Å². The predicted molar refractivity (Wildman–Crippen MR) is 86.5 cm³/mol. The van der Waals surface area contributed by atoms with Crippen LogP contribution in [-0.2, 0) is 4.79 Å². The van der Waals surface area contributed by atoms with Crippen molar-refractivity contribution < 1.29 is 9.59 Å². The van der Waals surface area contributed by atoms with Gasteiger partial charge in [0.2, 0.25) is 5.91 Å². The Balaban J connectivity index is 0.00000106. The number of amides is 1. The van der Waals surface area contributed by atoms with Gasteiger partial charge in [0, 0.05) is 31.5 Å². The maximum atomic E-state index is 11.9. The average Bonchev–Trinajstić information content (AvgIpc) is 2.91. The Morgan fingerprint density at radius 3 is 2.38 bits per heavy atom. The lowest BCUT2D eigenvalue weighted by Crippen LogP contribution is -2.25. The zero-order chi connectivity index (χ0) is 15.7. The van der Waals surface area contributed by atoms with Crippen molar-refractivity contribution in [3.63, 3.8) is 0 Å². The Labute approximate surface area is 128 Å². The third-order valence-corrected chi connectivity index (χ3v) is 3.63. The summed E-state index contributed by atoms with van der Waals surface area (Å²) in [5.41, 5.74) is 1.96. The van der Waals surface area contributed by atoms with Gasteiger partial charge in [-0.2, -0.15) is 0 Å². The van der Waals surface area contributed by atoms with Gasteiger partial charge in [-0.1, -0.05) is 43.7 Å². The number of hydrogen-bond donors (Lipinski definition) is 0. The van der Waals surface area contributed by atoms with Crippen LogP contribution in [0.4, 0.5) is 0 Å². The molecule has 1 fully saturated rings. The van der Waals surface area contributed by atoms with E-state index in [4.69, 9.17) is 0 Å². The first kappa shape index (κ1) is 17.4. The van der Waals surface area contributed by atoms with E-state index in [-0.39, 0.29) is 11.7 Å². The lowest BCUT2D eigenvalue weighted by molar-refractivity contribution is -0.127. The van der Waals surface area contributed by atoms with Gasteiger partial charge in [0.1, 0.15) is 0 Å². The monoisotopic (exact) mass is 289 g/mol. The number of likely N-dealkylation sites (tertiary alicyclic amines) is 1. The molecular formula is C18H27NO2. The molecule has 2 rings (SSSR count). The molecule has 0 unspecified atom stereocenters. The highest BCUT2D eigenvalue weighted by Crippen LogP contribution is 2.12. The summed E-state index contributed by atoms with van der Waals surface area (Å²) >= 11 is 0. The van der Waals surface area contributed by atoms with E-state index >= 15 is 0 Å². The van der Waals surface area contributed by atoms with E-state index in [0.717, 1.165) is 37.9 Å². The van der Waals surface area contributed by atoms with Crippen molar-refractivity contribution in [3.05, 3.63) is 35.4 Å². The van der Waals surface area contributed by atoms with Gasteiger partial charge >= 0.3 is 0 Å². The van der Waals surface area contributed by atoms with Gasteiger partial charge in [-0.25, -0.2) is 0 Å². The van der Waals surface area contributed by atoms with Crippen LogP contribution < -0.4 is 0 Å². The molecule has 21 heavy (non-hydrogen) atoms. The number of hydrogen-bond acceptors (Lipinski definition) is 2. The van der Waals surface area contributed by atoms with Crippen molar-refractivity contribution in [2.24, 2.45) is 0 Å². The predicted octanol–water partition coefficient (Wildman–Crippen LogP) is 4.00. The normalized spacial score (nSPS) is 13.9.